The molecule has 16 heavy (non-hydrogen) atoms. The fraction of sp³-hybridized carbons (Fsp3) is 0.615. The van der Waals surface area contributed by atoms with Crippen molar-refractivity contribution in [3.05, 3.63) is 29.6 Å². The van der Waals surface area contributed by atoms with Crippen molar-refractivity contribution >= 4 is 0 Å². The highest BCUT2D eigenvalue weighted by atomic mass is 16.5. The molecule has 1 aromatic heterocycles. The van der Waals surface area contributed by atoms with Gasteiger partial charge in [0.2, 0.25) is 0 Å². The quantitative estimate of drug-likeness (QED) is 0.845. The normalized spacial score (nSPS) is 25.6. The first kappa shape index (κ1) is 11.6. The molecule has 1 saturated heterocycles. The first-order chi connectivity index (χ1) is 7.77. The van der Waals surface area contributed by atoms with Gasteiger partial charge in [-0.15, -0.1) is 0 Å². The molecule has 2 atom stereocenters. The van der Waals surface area contributed by atoms with E-state index >= 15 is 0 Å². The molecule has 0 radical (unpaired) electrons. The van der Waals surface area contributed by atoms with Gasteiger partial charge in [-0.2, -0.15) is 0 Å². The molecule has 2 rings (SSSR count). The molecule has 0 aliphatic carbocycles. The Hall–Kier alpha value is -0.930. The maximum atomic E-state index is 5.94. The van der Waals surface area contributed by atoms with E-state index in [-0.39, 0.29) is 0 Å². The summed E-state index contributed by atoms with van der Waals surface area (Å²) < 4.78 is 5.94. The Morgan fingerprint density at radius 3 is 3.19 bits per heavy atom. The summed E-state index contributed by atoms with van der Waals surface area (Å²) >= 11 is 0. The Labute approximate surface area is 97.2 Å². The number of aryl methyl sites for hydroxylation is 1. The van der Waals surface area contributed by atoms with Crippen LogP contribution < -0.4 is 5.32 Å². The molecule has 1 aliphatic rings. The van der Waals surface area contributed by atoms with Crippen LogP contribution in [0.4, 0.5) is 0 Å². The van der Waals surface area contributed by atoms with Crippen LogP contribution in [0.2, 0.25) is 0 Å². The predicted octanol–water partition coefficient (Wildman–Crippen LogP) is 1.90. The fourth-order valence-corrected chi connectivity index (χ4v) is 2.04. The van der Waals surface area contributed by atoms with Crippen LogP contribution in [0, 0.1) is 12.8 Å². The van der Waals surface area contributed by atoms with E-state index in [4.69, 9.17) is 4.74 Å². The molecule has 0 bridgehead atoms. The molecule has 0 spiro atoms. The van der Waals surface area contributed by atoms with Gasteiger partial charge < -0.3 is 10.1 Å². The molecule has 3 heteroatoms. The standard InChI is InChI=1S/C13H20N2O/c1-10-4-3-6-15-12(10)9-16-13-8-14-7-5-11(13)2/h3-4,6,11,13-14H,5,7-9H2,1-2H3. The van der Waals surface area contributed by atoms with Crippen LogP contribution in [0.1, 0.15) is 24.6 Å². The van der Waals surface area contributed by atoms with Crippen molar-refractivity contribution in [1.29, 1.82) is 0 Å². The van der Waals surface area contributed by atoms with Crippen molar-refractivity contribution < 1.29 is 4.74 Å². The van der Waals surface area contributed by atoms with E-state index in [1.54, 1.807) is 0 Å². The van der Waals surface area contributed by atoms with Crippen molar-refractivity contribution in [1.82, 2.24) is 10.3 Å². The third-order valence-corrected chi connectivity index (χ3v) is 3.31. The topological polar surface area (TPSA) is 34.1 Å². The van der Waals surface area contributed by atoms with Gasteiger partial charge in [0.05, 0.1) is 18.4 Å². The lowest BCUT2D eigenvalue weighted by molar-refractivity contribution is -0.00816. The summed E-state index contributed by atoms with van der Waals surface area (Å²) in [7, 11) is 0. The Balaban J connectivity index is 1.89. The van der Waals surface area contributed by atoms with Crippen LogP contribution in [0.3, 0.4) is 0 Å². The smallest absolute Gasteiger partial charge is 0.0895 e. The highest BCUT2D eigenvalue weighted by Crippen LogP contribution is 2.16. The van der Waals surface area contributed by atoms with E-state index in [1.807, 2.05) is 12.3 Å². The highest BCUT2D eigenvalue weighted by molar-refractivity contribution is 5.16. The van der Waals surface area contributed by atoms with E-state index in [0.717, 1.165) is 18.8 Å². The zero-order valence-corrected chi connectivity index (χ0v) is 10.1. The molecule has 2 heterocycles. The molecule has 0 saturated carbocycles. The zero-order chi connectivity index (χ0) is 11.4. The Bertz CT molecular complexity index is 340. The minimum absolute atomic E-state index is 0.329. The van der Waals surface area contributed by atoms with E-state index in [2.05, 4.69) is 30.2 Å². The molecule has 1 N–H and O–H groups in total. The molecular formula is C13H20N2O. The van der Waals surface area contributed by atoms with Crippen LogP contribution in [0.15, 0.2) is 18.3 Å². The molecule has 2 unspecified atom stereocenters. The monoisotopic (exact) mass is 220 g/mol. The van der Waals surface area contributed by atoms with Crippen molar-refractivity contribution in [2.75, 3.05) is 13.1 Å². The van der Waals surface area contributed by atoms with Crippen molar-refractivity contribution in [2.24, 2.45) is 5.92 Å². The summed E-state index contributed by atoms with van der Waals surface area (Å²) in [4.78, 5) is 4.34. The van der Waals surface area contributed by atoms with Gasteiger partial charge in [-0.25, -0.2) is 0 Å². The number of pyridine rings is 1. The fourth-order valence-electron chi connectivity index (χ4n) is 2.04. The molecule has 0 aromatic carbocycles. The van der Waals surface area contributed by atoms with E-state index in [1.165, 1.54) is 12.0 Å². The number of ether oxygens (including phenoxy) is 1. The van der Waals surface area contributed by atoms with E-state index < -0.39 is 0 Å². The van der Waals surface area contributed by atoms with Gasteiger partial charge in [0, 0.05) is 12.7 Å². The summed E-state index contributed by atoms with van der Waals surface area (Å²) in [6.07, 6.45) is 3.36. The van der Waals surface area contributed by atoms with Crippen LogP contribution >= 0.6 is 0 Å². The van der Waals surface area contributed by atoms with Gasteiger partial charge in [-0.3, -0.25) is 4.98 Å². The largest absolute Gasteiger partial charge is 0.370 e. The van der Waals surface area contributed by atoms with Gasteiger partial charge in [0.15, 0.2) is 0 Å². The second-order valence-electron chi connectivity index (χ2n) is 4.59. The van der Waals surface area contributed by atoms with Crippen LogP contribution in [-0.4, -0.2) is 24.2 Å². The second-order valence-corrected chi connectivity index (χ2v) is 4.59. The minimum atomic E-state index is 0.329. The SMILES string of the molecule is Cc1cccnc1COC1CNCCC1C. The summed E-state index contributed by atoms with van der Waals surface area (Å²) in [6, 6.07) is 4.04. The van der Waals surface area contributed by atoms with Crippen LogP contribution in [0.5, 0.6) is 0 Å². The predicted molar refractivity (Wildman–Crippen MR) is 64.2 cm³/mol. The van der Waals surface area contributed by atoms with Gasteiger partial charge >= 0.3 is 0 Å². The average molecular weight is 220 g/mol. The molecule has 1 aliphatic heterocycles. The van der Waals surface area contributed by atoms with Crippen molar-refractivity contribution in [3.63, 3.8) is 0 Å². The van der Waals surface area contributed by atoms with Crippen molar-refractivity contribution in [3.8, 4) is 0 Å². The minimum Gasteiger partial charge on any atom is -0.370 e. The number of hydrogen-bond donors (Lipinski definition) is 1. The molecule has 1 aromatic rings. The Kier molecular flexibility index (Phi) is 3.91. The van der Waals surface area contributed by atoms with Gasteiger partial charge in [-0.1, -0.05) is 13.0 Å². The third kappa shape index (κ3) is 2.80. The summed E-state index contributed by atoms with van der Waals surface area (Å²) in [5.74, 6) is 0.644. The number of nitrogens with one attached hydrogen (secondary N) is 1. The second kappa shape index (κ2) is 5.41. The van der Waals surface area contributed by atoms with E-state index in [9.17, 15) is 0 Å². The number of aromatic nitrogens is 1. The van der Waals surface area contributed by atoms with Gasteiger partial charge in [-0.05, 0) is 37.4 Å². The zero-order valence-electron chi connectivity index (χ0n) is 10.1. The average Bonchev–Trinajstić information content (AvgIpc) is 2.30. The molecule has 1 fully saturated rings. The summed E-state index contributed by atoms with van der Waals surface area (Å²) in [5, 5.41) is 3.37. The maximum absolute atomic E-state index is 5.94. The van der Waals surface area contributed by atoms with E-state index in [0.29, 0.717) is 18.6 Å². The van der Waals surface area contributed by atoms with Crippen LogP contribution in [-0.2, 0) is 11.3 Å². The summed E-state index contributed by atoms with van der Waals surface area (Å²) in [6.45, 7) is 7.05. The molecule has 88 valence electrons. The highest BCUT2D eigenvalue weighted by Gasteiger charge is 2.21. The maximum Gasteiger partial charge on any atom is 0.0895 e. The first-order valence-corrected chi connectivity index (χ1v) is 6.00. The van der Waals surface area contributed by atoms with Gasteiger partial charge in [0.1, 0.15) is 0 Å². The van der Waals surface area contributed by atoms with Gasteiger partial charge in [0.25, 0.3) is 0 Å². The summed E-state index contributed by atoms with van der Waals surface area (Å²) in [5.41, 5.74) is 2.26. The van der Waals surface area contributed by atoms with Crippen molar-refractivity contribution in [2.45, 2.75) is 33.0 Å². The first-order valence-electron chi connectivity index (χ1n) is 6.00. The lowest BCUT2D eigenvalue weighted by Gasteiger charge is -2.29. The lowest BCUT2D eigenvalue weighted by Crippen LogP contribution is -2.41. The number of hydrogen-bond acceptors (Lipinski definition) is 3. The molecular weight excluding hydrogens is 200 g/mol. The lowest BCUT2D eigenvalue weighted by atomic mass is 9.97. The number of piperidine rings is 1. The Morgan fingerprint density at radius 1 is 1.56 bits per heavy atom. The number of nitrogens with zero attached hydrogens (tertiary/aromatic N) is 1. The molecule has 3 nitrogen and oxygen atoms in total. The number of rotatable bonds is 3. The third-order valence-electron chi connectivity index (χ3n) is 3.31. The Morgan fingerprint density at radius 2 is 2.44 bits per heavy atom. The molecule has 0 amide bonds. The van der Waals surface area contributed by atoms with Crippen LogP contribution in [0.25, 0.3) is 0 Å².